The fraction of sp³-hybridized carbons (Fsp3) is 0.231. The van der Waals surface area contributed by atoms with Crippen LogP contribution in [0.2, 0.25) is 0 Å². The number of carboxylic acid groups (broad SMARTS) is 1. The van der Waals surface area contributed by atoms with Crippen molar-refractivity contribution in [1.29, 1.82) is 0 Å². The standard InChI is InChI=1S/C13H13NO3S/c1-2-17-10-5-3-9(4-6-10)13-11(7-12(15)16)18-8-14-13/h3-6,8H,2,7H2,1H3,(H,15,16). The number of aromatic nitrogens is 1. The highest BCUT2D eigenvalue weighted by atomic mass is 32.1. The average Bonchev–Trinajstić information content (AvgIpc) is 2.78. The van der Waals surface area contributed by atoms with E-state index in [1.165, 1.54) is 11.3 Å². The van der Waals surface area contributed by atoms with E-state index < -0.39 is 5.97 Å². The number of aliphatic carboxylic acids is 1. The molecular weight excluding hydrogens is 250 g/mol. The van der Waals surface area contributed by atoms with Gasteiger partial charge in [0.2, 0.25) is 0 Å². The molecule has 1 aromatic heterocycles. The first kappa shape index (κ1) is 12.6. The first-order chi connectivity index (χ1) is 8.70. The van der Waals surface area contributed by atoms with Crippen LogP contribution in [0, 0.1) is 0 Å². The smallest absolute Gasteiger partial charge is 0.308 e. The molecular formula is C13H13NO3S. The Bertz CT molecular complexity index is 533. The fourth-order valence-corrected chi connectivity index (χ4v) is 2.42. The second-order valence-electron chi connectivity index (χ2n) is 3.65. The van der Waals surface area contributed by atoms with Crippen LogP contribution in [0.15, 0.2) is 29.8 Å². The number of carbonyl (C=O) groups is 1. The second-order valence-corrected chi connectivity index (χ2v) is 4.59. The molecule has 0 aliphatic heterocycles. The van der Waals surface area contributed by atoms with E-state index in [4.69, 9.17) is 9.84 Å². The third kappa shape index (κ3) is 2.87. The Morgan fingerprint density at radius 3 is 2.72 bits per heavy atom. The van der Waals surface area contributed by atoms with Crippen molar-refractivity contribution in [2.24, 2.45) is 0 Å². The van der Waals surface area contributed by atoms with Gasteiger partial charge in [-0.25, -0.2) is 4.98 Å². The minimum absolute atomic E-state index is 0.00715. The molecule has 0 saturated heterocycles. The van der Waals surface area contributed by atoms with Gasteiger partial charge in [-0.2, -0.15) is 0 Å². The molecule has 1 heterocycles. The normalized spacial score (nSPS) is 10.3. The minimum Gasteiger partial charge on any atom is -0.494 e. The largest absolute Gasteiger partial charge is 0.494 e. The van der Waals surface area contributed by atoms with Gasteiger partial charge in [-0.3, -0.25) is 4.79 Å². The number of hydrogen-bond donors (Lipinski definition) is 1. The number of carboxylic acids is 1. The molecule has 18 heavy (non-hydrogen) atoms. The predicted octanol–water partition coefficient (Wildman–Crippen LogP) is 2.84. The Morgan fingerprint density at radius 1 is 1.39 bits per heavy atom. The monoisotopic (exact) mass is 263 g/mol. The Balaban J connectivity index is 2.25. The molecule has 0 unspecified atom stereocenters. The van der Waals surface area contributed by atoms with Crippen molar-refractivity contribution >= 4 is 17.3 Å². The van der Waals surface area contributed by atoms with Crippen LogP contribution in [0.4, 0.5) is 0 Å². The van der Waals surface area contributed by atoms with Gasteiger partial charge < -0.3 is 9.84 Å². The van der Waals surface area contributed by atoms with Gasteiger partial charge in [0.05, 0.1) is 24.2 Å². The van der Waals surface area contributed by atoms with Crippen LogP contribution in [0.1, 0.15) is 11.8 Å². The summed E-state index contributed by atoms with van der Waals surface area (Å²) in [5, 5.41) is 8.83. The summed E-state index contributed by atoms with van der Waals surface area (Å²) in [5.74, 6) is -0.0392. The van der Waals surface area contributed by atoms with E-state index in [2.05, 4.69) is 4.98 Å². The highest BCUT2D eigenvalue weighted by molar-refractivity contribution is 7.10. The number of benzene rings is 1. The summed E-state index contributed by atoms with van der Waals surface area (Å²) in [6, 6.07) is 7.52. The van der Waals surface area contributed by atoms with Crippen molar-refractivity contribution in [3.05, 3.63) is 34.7 Å². The molecule has 0 bridgehead atoms. The van der Waals surface area contributed by atoms with Crippen LogP contribution in [0.5, 0.6) is 5.75 Å². The number of rotatable bonds is 5. The van der Waals surface area contributed by atoms with Gasteiger partial charge in [0.1, 0.15) is 5.75 Å². The summed E-state index contributed by atoms with van der Waals surface area (Å²) in [5.41, 5.74) is 3.32. The topological polar surface area (TPSA) is 59.4 Å². The van der Waals surface area contributed by atoms with E-state index in [-0.39, 0.29) is 6.42 Å². The summed E-state index contributed by atoms with van der Waals surface area (Å²) < 4.78 is 5.36. The zero-order chi connectivity index (χ0) is 13.0. The molecule has 5 heteroatoms. The SMILES string of the molecule is CCOc1ccc(-c2ncsc2CC(=O)O)cc1. The minimum atomic E-state index is -0.841. The number of nitrogens with zero attached hydrogens (tertiary/aromatic N) is 1. The van der Waals surface area contributed by atoms with Gasteiger partial charge in [0.15, 0.2) is 0 Å². The summed E-state index contributed by atoms with van der Waals surface area (Å²) >= 11 is 1.36. The van der Waals surface area contributed by atoms with Crippen LogP contribution in [-0.2, 0) is 11.2 Å². The molecule has 0 atom stereocenters. The number of thiazole rings is 1. The molecule has 94 valence electrons. The molecule has 0 amide bonds. The molecule has 1 aromatic carbocycles. The van der Waals surface area contributed by atoms with Crippen LogP contribution < -0.4 is 4.74 Å². The van der Waals surface area contributed by atoms with Crippen molar-refractivity contribution < 1.29 is 14.6 Å². The molecule has 0 aliphatic rings. The van der Waals surface area contributed by atoms with E-state index in [0.29, 0.717) is 6.61 Å². The molecule has 2 aromatic rings. The van der Waals surface area contributed by atoms with Crippen molar-refractivity contribution in [3.8, 4) is 17.0 Å². The van der Waals surface area contributed by atoms with Crippen molar-refractivity contribution in [3.63, 3.8) is 0 Å². The quantitative estimate of drug-likeness (QED) is 0.901. The lowest BCUT2D eigenvalue weighted by molar-refractivity contribution is -0.136. The summed E-state index contributed by atoms with van der Waals surface area (Å²) in [4.78, 5) is 15.7. The lowest BCUT2D eigenvalue weighted by Crippen LogP contribution is -1.99. The first-order valence-electron chi connectivity index (χ1n) is 5.58. The average molecular weight is 263 g/mol. The van der Waals surface area contributed by atoms with Crippen molar-refractivity contribution in [2.75, 3.05) is 6.61 Å². The molecule has 0 fully saturated rings. The number of ether oxygens (including phenoxy) is 1. The Hall–Kier alpha value is -1.88. The van der Waals surface area contributed by atoms with Crippen molar-refractivity contribution in [2.45, 2.75) is 13.3 Å². The van der Waals surface area contributed by atoms with E-state index >= 15 is 0 Å². The van der Waals surface area contributed by atoms with E-state index in [0.717, 1.165) is 21.9 Å². The third-order valence-corrected chi connectivity index (χ3v) is 3.22. The molecule has 0 aliphatic carbocycles. The first-order valence-corrected chi connectivity index (χ1v) is 6.46. The van der Waals surface area contributed by atoms with Crippen molar-refractivity contribution in [1.82, 2.24) is 4.98 Å². The predicted molar refractivity (Wildman–Crippen MR) is 70.1 cm³/mol. The van der Waals surface area contributed by atoms with E-state index in [1.54, 1.807) is 5.51 Å². The summed E-state index contributed by atoms with van der Waals surface area (Å²) in [7, 11) is 0. The highest BCUT2D eigenvalue weighted by Gasteiger charge is 2.11. The van der Waals surface area contributed by atoms with Gasteiger partial charge in [0, 0.05) is 10.4 Å². The highest BCUT2D eigenvalue weighted by Crippen LogP contribution is 2.27. The summed E-state index contributed by atoms with van der Waals surface area (Å²) in [6.45, 7) is 2.56. The van der Waals surface area contributed by atoms with Crippen LogP contribution >= 0.6 is 11.3 Å². The van der Waals surface area contributed by atoms with Gasteiger partial charge >= 0.3 is 5.97 Å². The maximum Gasteiger partial charge on any atom is 0.308 e. The molecule has 4 nitrogen and oxygen atoms in total. The molecule has 0 spiro atoms. The lowest BCUT2D eigenvalue weighted by Gasteiger charge is -2.04. The van der Waals surface area contributed by atoms with Gasteiger partial charge in [-0.1, -0.05) is 0 Å². The third-order valence-electron chi connectivity index (χ3n) is 2.39. The molecule has 2 rings (SSSR count). The zero-order valence-corrected chi connectivity index (χ0v) is 10.7. The summed E-state index contributed by atoms with van der Waals surface area (Å²) in [6.07, 6.45) is 0.00715. The number of hydrogen-bond acceptors (Lipinski definition) is 4. The van der Waals surface area contributed by atoms with Crippen LogP contribution in [0.25, 0.3) is 11.3 Å². The van der Waals surface area contributed by atoms with E-state index in [9.17, 15) is 4.79 Å². The Morgan fingerprint density at radius 2 is 2.11 bits per heavy atom. The van der Waals surface area contributed by atoms with Gasteiger partial charge in [-0.15, -0.1) is 11.3 Å². The Kier molecular flexibility index (Phi) is 3.94. The van der Waals surface area contributed by atoms with Gasteiger partial charge in [0.25, 0.3) is 0 Å². The molecule has 0 radical (unpaired) electrons. The molecule has 0 saturated carbocycles. The maximum atomic E-state index is 10.7. The second kappa shape index (κ2) is 5.64. The molecule has 1 N–H and O–H groups in total. The maximum absolute atomic E-state index is 10.7. The zero-order valence-electron chi connectivity index (χ0n) is 9.92. The fourth-order valence-electron chi connectivity index (χ4n) is 1.64. The Labute approximate surface area is 109 Å². The van der Waals surface area contributed by atoms with E-state index in [1.807, 2.05) is 31.2 Å². The van der Waals surface area contributed by atoms with Crippen LogP contribution in [0.3, 0.4) is 0 Å². The van der Waals surface area contributed by atoms with Crippen LogP contribution in [-0.4, -0.2) is 22.7 Å². The van der Waals surface area contributed by atoms with Gasteiger partial charge in [-0.05, 0) is 31.2 Å². The lowest BCUT2D eigenvalue weighted by atomic mass is 10.1.